The average Bonchev–Trinajstić information content (AvgIpc) is 2.66. The number of rotatable bonds is 6. The summed E-state index contributed by atoms with van der Waals surface area (Å²) in [5.41, 5.74) is 7.63. The molecule has 0 spiro atoms. The molecular weight excluding hydrogens is 386 g/mol. The van der Waals surface area contributed by atoms with Crippen molar-refractivity contribution in [1.29, 1.82) is 0 Å². The van der Waals surface area contributed by atoms with Gasteiger partial charge in [0.2, 0.25) is 5.95 Å². The van der Waals surface area contributed by atoms with Crippen molar-refractivity contribution in [2.24, 2.45) is 5.10 Å². The number of nitrogens with one attached hydrogen (secondary N) is 2. The number of sulfonamides is 1. The summed E-state index contributed by atoms with van der Waals surface area (Å²) in [5, 5.41) is 4.31. The van der Waals surface area contributed by atoms with Crippen LogP contribution in [0.3, 0.4) is 0 Å². The highest BCUT2D eigenvalue weighted by Gasteiger charge is 2.13. The Hall–Kier alpha value is -3.26. The molecule has 8 heteroatoms. The molecule has 7 nitrogen and oxygen atoms in total. The molecule has 0 saturated carbocycles. The van der Waals surface area contributed by atoms with Crippen LogP contribution in [0.2, 0.25) is 0 Å². The van der Waals surface area contributed by atoms with Crippen molar-refractivity contribution in [3.05, 3.63) is 77.1 Å². The third-order valence-electron chi connectivity index (χ3n) is 4.19. The lowest BCUT2D eigenvalue weighted by atomic mass is 10.1. The van der Waals surface area contributed by atoms with E-state index in [1.807, 2.05) is 33.8 Å². The second kappa shape index (κ2) is 8.40. The summed E-state index contributed by atoms with van der Waals surface area (Å²) in [4.78, 5) is 8.79. The molecule has 0 unspecified atom stereocenters. The molecule has 2 aromatic carbocycles. The number of aromatic nitrogens is 2. The third-order valence-corrected chi connectivity index (χ3v) is 5.59. The van der Waals surface area contributed by atoms with Crippen LogP contribution in [-0.4, -0.2) is 24.1 Å². The van der Waals surface area contributed by atoms with Gasteiger partial charge in [0.05, 0.1) is 10.6 Å². The van der Waals surface area contributed by atoms with Crippen molar-refractivity contribution < 1.29 is 8.42 Å². The maximum Gasteiger partial charge on any atom is 0.261 e. The zero-order valence-corrected chi connectivity index (χ0v) is 17.6. The van der Waals surface area contributed by atoms with Gasteiger partial charge in [-0.3, -0.25) is 4.72 Å². The third kappa shape index (κ3) is 5.39. The number of anilines is 2. The highest BCUT2D eigenvalue weighted by Crippen LogP contribution is 2.17. The first-order valence-electron chi connectivity index (χ1n) is 9.05. The van der Waals surface area contributed by atoms with Crippen molar-refractivity contribution in [3.8, 4) is 0 Å². The number of aryl methyl sites for hydroxylation is 3. The SMILES string of the molecule is C/C(=N\Nc1nc(C)cc(C)n1)c1ccc(NS(=O)(=O)c2ccc(C)cc2)cc1. The predicted octanol–water partition coefficient (Wildman–Crippen LogP) is 4.04. The first kappa shape index (κ1) is 20.5. The minimum atomic E-state index is -3.63. The molecule has 0 atom stereocenters. The zero-order chi connectivity index (χ0) is 21.0. The Kier molecular flexibility index (Phi) is 5.93. The number of nitrogens with zero attached hydrogens (tertiary/aromatic N) is 3. The zero-order valence-electron chi connectivity index (χ0n) is 16.8. The van der Waals surface area contributed by atoms with Gasteiger partial charge in [0.1, 0.15) is 0 Å². The van der Waals surface area contributed by atoms with Crippen LogP contribution in [0.4, 0.5) is 11.6 Å². The summed E-state index contributed by atoms with van der Waals surface area (Å²) in [5.74, 6) is 0.435. The van der Waals surface area contributed by atoms with Gasteiger partial charge >= 0.3 is 0 Å². The summed E-state index contributed by atoms with van der Waals surface area (Å²) >= 11 is 0. The highest BCUT2D eigenvalue weighted by atomic mass is 32.2. The van der Waals surface area contributed by atoms with Crippen molar-refractivity contribution in [2.75, 3.05) is 10.1 Å². The first-order valence-corrected chi connectivity index (χ1v) is 10.5. The molecule has 0 bridgehead atoms. The summed E-state index contributed by atoms with van der Waals surface area (Å²) in [6.45, 7) is 7.55. The Balaban J connectivity index is 1.71. The lowest BCUT2D eigenvalue weighted by molar-refractivity contribution is 0.601. The molecule has 0 saturated heterocycles. The number of hydrazone groups is 1. The quantitative estimate of drug-likeness (QED) is 0.473. The Morgan fingerprint density at radius 2 is 1.48 bits per heavy atom. The maximum atomic E-state index is 12.5. The Labute approximate surface area is 171 Å². The summed E-state index contributed by atoms with van der Waals surface area (Å²) < 4.78 is 27.6. The van der Waals surface area contributed by atoms with E-state index in [1.54, 1.807) is 48.5 Å². The fourth-order valence-corrected chi connectivity index (χ4v) is 3.74. The number of hydrogen-bond donors (Lipinski definition) is 2. The first-order chi connectivity index (χ1) is 13.7. The Morgan fingerprint density at radius 3 is 2.07 bits per heavy atom. The van der Waals surface area contributed by atoms with Crippen LogP contribution in [-0.2, 0) is 10.0 Å². The van der Waals surface area contributed by atoms with Gasteiger partial charge in [-0.15, -0.1) is 0 Å². The van der Waals surface area contributed by atoms with Crippen molar-refractivity contribution in [1.82, 2.24) is 9.97 Å². The molecule has 150 valence electrons. The van der Waals surface area contributed by atoms with Gasteiger partial charge in [-0.05, 0) is 63.6 Å². The van der Waals surface area contributed by atoms with E-state index in [1.165, 1.54) is 0 Å². The normalized spacial score (nSPS) is 11.9. The van der Waals surface area contributed by atoms with E-state index < -0.39 is 10.0 Å². The Morgan fingerprint density at radius 1 is 0.897 bits per heavy atom. The number of benzene rings is 2. The fraction of sp³-hybridized carbons (Fsp3) is 0.190. The minimum Gasteiger partial charge on any atom is -0.280 e. The van der Waals surface area contributed by atoms with Crippen LogP contribution in [0, 0.1) is 20.8 Å². The van der Waals surface area contributed by atoms with Crippen LogP contribution >= 0.6 is 0 Å². The topological polar surface area (TPSA) is 96.3 Å². The largest absolute Gasteiger partial charge is 0.280 e. The second-order valence-corrected chi connectivity index (χ2v) is 8.46. The van der Waals surface area contributed by atoms with Crippen LogP contribution < -0.4 is 10.1 Å². The highest BCUT2D eigenvalue weighted by molar-refractivity contribution is 7.92. The molecule has 1 heterocycles. The molecule has 0 aliphatic carbocycles. The number of hydrogen-bond acceptors (Lipinski definition) is 6. The van der Waals surface area contributed by atoms with Crippen molar-refractivity contribution in [2.45, 2.75) is 32.6 Å². The van der Waals surface area contributed by atoms with Crippen molar-refractivity contribution in [3.63, 3.8) is 0 Å². The smallest absolute Gasteiger partial charge is 0.261 e. The predicted molar refractivity (Wildman–Crippen MR) is 116 cm³/mol. The molecule has 3 aromatic rings. The van der Waals surface area contributed by atoms with Gasteiger partial charge in [0.15, 0.2) is 0 Å². The molecule has 0 aliphatic rings. The average molecular weight is 410 g/mol. The molecular formula is C21H23N5O2S. The lowest BCUT2D eigenvalue weighted by Crippen LogP contribution is -2.13. The second-order valence-electron chi connectivity index (χ2n) is 6.78. The monoisotopic (exact) mass is 409 g/mol. The van der Waals surface area contributed by atoms with Crippen LogP contribution in [0.1, 0.15) is 29.4 Å². The summed E-state index contributed by atoms with van der Waals surface area (Å²) in [6.07, 6.45) is 0. The summed E-state index contributed by atoms with van der Waals surface area (Å²) in [6, 6.07) is 15.6. The lowest BCUT2D eigenvalue weighted by Gasteiger charge is -2.09. The Bertz CT molecular complexity index is 1120. The van der Waals surface area contributed by atoms with Crippen LogP contribution in [0.25, 0.3) is 0 Å². The molecule has 0 amide bonds. The van der Waals surface area contributed by atoms with Crippen molar-refractivity contribution >= 4 is 27.4 Å². The molecule has 0 radical (unpaired) electrons. The van der Waals surface area contributed by atoms with Gasteiger partial charge < -0.3 is 0 Å². The van der Waals surface area contributed by atoms with Gasteiger partial charge in [-0.1, -0.05) is 29.8 Å². The van der Waals surface area contributed by atoms with E-state index in [-0.39, 0.29) is 4.90 Å². The van der Waals surface area contributed by atoms with E-state index in [2.05, 4.69) is 25.2 Å². The molecule has 3 rings (SSSR count). The molecule has 0 fully saturated rings. The maximum absolute atomic E-state index is 12.5. The van der Waals surface area contributed by atoms with Gasteiger partial charge in [0, 0.05) is 17.1 Å². The summed E-state index contributed by atoms with van der Waals surface area (Å²) in [7, 11) is -3.63. The molecule has 29 heavy (non-hydrogen) atoms. The molecule has 1 aromatic heterocycles. The van der Waals surface area contributed by atoms with Crippen LogP contribution in [0.15, 0.2) is 64.6 Å². The molecule has 2 N–H and O–H groups in total. The van der Waals surface area contributed by atoms with Gasteiger partial charge in [0.25, 0.3) is 10.0 Å². The van der Waals surface area contributed by atoms with E-state index in [0.717, 1.165) is 28.2 Å². The van der Waals surface area contributed by atoms with E-state index in [4.69, 9.17) is 0 Å². The van der Waals surface area contributed by atoms with E-state index in [9.17, 15) is 8.42 Å². The standard InChI is InChI=1S/C21H23N5O2S/c1-14-5-11-20(12-6-14)29(27,28)26-19-9-7-18(8-10-19)17(4)24-25-21-22-15(2)13-16(3)23-21/h5-13,26H,1-4H3,(H,22,23,25)/b24-17+. The van der Waals surface area contributed by atoms with Gasteiger partial charge in [-0.2, -0.15) is 5.10 Å². The van der Waals surface area contributed by atoms with E-state index >= 15 is 0 Å². The molecule has 0 aliphatic heterocycles. The van der Waals surface area contributed by atoms with Gasteiger partial charge in [-0.25, -0.2) is 23.8 Å². The van der Waals surface area contributed by atoms with Crippen LogP contribution in [0.5, 0.6) is 0 Å². The van der Waals surface area contributed by atoms with E-state index in [0.29, 0.717) is 11.6 Å². The fourth-order valence-electron chi connectivity index (χ4n) is 2.69. The minimum absolute atomic E-state index is 0.225.